The number of anilines is 1. The lowest BCUT2D eigenvalue weighted by atomic mass is 10.2. The Kier molecular flexibility index (Phi) is 3.31. The van der Waals surface area contributed by atoms with Gasteiger partial charge in [-0.15, -0.1) is 0 Å². The molecule has 0 fully saturated rings. The van der Waals surface area contributed by atoms with E-state index in [4.69, 9.17) is 0 Å². The van der Waals surface area contributed by atoms with Crippen LogP contribution in [-0.2, 0) is 9.59 Å². The van der Waals surface area contributed by atoms with E-state index in [2.05, 4.69) is 24.5 Å². The lowest BCUT2D eigenvalue weighted by Gasteiger charge is -2.13. The van der Waals surface area contributed by atoms with Crippen LogP contribution in [0.1, 0.15) is 5.56 Å². The van der Waals surface area contributed by atoms with Crippen LogP contribution in [0.5, 0.6) is 0 Å². The van der Waals surface area contributed by atoms with E-state index in [0.717, 1.165) is 10.5 Å². The fraction of sp³-hybridized carbons (Fsp3) is 0.0769. The molecule has 4 heteroatoms. The fourth-order valence-corrected chi connectivity index (χ4v) is 1.57. The van der Waals surface area contributed by atoms with Crippen molar-refractivity contribution in [3.05, 3.63) is 42.0 Å². The third kappa shape index (κ3) is 2.40. The van der Waals surface area contributed by atoms with Crippen LogP contribution in [0.2, 0.25) is 0 Å². The minimum Gasteiger partial charge on any atom is -0.269 e. The van der Waals surface area contributed by atoms with Gasteiger partial charge < -0.3 is 0 Å². The number of amides is 2. The normalized spacial score (nSPS) is 13.8. The standard InChI is InChI=1S/C13H9NO2S/c15-12-7-8-13(16)14(12)11-5-3-10(4-6-11)2-1-9-17/h3-8,17H,9H2. The molecule has 1 heterocycles. The molecule has 0 bridgehead atoms. The Balaban J connectivity index is 2.24. The molecule has 2 rings (SSSR count). The first-order chi connectivity index (χ1) is 8.22. The van der Waals surface area contributed by atoms with Gasteiger partial charge in [0.15, 0.2) is 0 Å². The van der Waals surface area contributed by atoms with Crippen molar-refractivity contribution < 1.29 is 9.59 Å². The molecule has 1 aromatic carbocycles. The topological polar surface area (TPSA) is 37.4 Å². The first-order valence-electron chi connectivity index (χ1n) is 4.98. The molecule has 1 aromatic rings. The van der Waals surface area contributed by atoms with Crippen LogP contribution in [0.15, 0.2) is 36.4 Å². The monoisotopic (exact) mass is 243 g/mol. The van der Waals surface area contributed by atoms with Gasteiger partial charge in [-0.05, 0) is 24.3 Å². The number of rotatable bonds is 1. The summed E-state index contributed by atoms with van der Waals surface area (Å²) in [6.07, 6.45) is 2.52. The highest BCUT2D eigenvalue weighted by Gasteiger charge is 2.24. The van der Waals surface area contributed by atoms with Crippen LogP contribution < -0.4 is 4.90 Å². The van der Waals surface area contributed by atoms with Crippen LogP contribution >= 0.6 is 12.6 Å². The molecule has 3 nitrogen and oxygen atoms in total. The predicted molar refractivity (Wildman–Crippen MR) is 68.8 cm³/mol. The second-order valence-electron chi connectivity index (χ2n) is 3.35. The number of hydrogen-bond acceptors (Lipinski definition) is 3. The molecule has 0 N–H and O–H groups in total. The Bertz CT molecular complexity index is 531. The van der Waals surface area contributed by atoms with Gasteiger partial charge in [0.1, 0.15) is 0 Å². The van der Waals surface area contributed by atoms with Gasteiger partial charge in [-0.25, -0.2) is 4.90 Å². The average Bonchev–Trinajstić information content (AvgIpc) is 2.67. The van der Waals surface area contributed by atoms with E-state index in [0.29, 0.717) is 11.4 Å². The third-order valence-electron chi connectivity index (χ3n) is 2.25. The summed E-state index contributed by atoms with van der Waals surface area (Å²) in [5.74, 6) is 5.59. The van der Waals surface area contributed by atoms with E-state index in [1.807, 2.05) is 0 Å². The number of benzene rings is 1. The Morgan fingerprint density at radius 2 is 1.65 bits per heavy atom. The van der Waals surface area contributed by atoms with Crippen molar-refractivity contribution in [1.82, 2.24) is 0 Å². The maximum absolute atomic E-state index is 11.4. The first kappa shape index (κ1) is 11.5. The van der Waals surface area contributed by atoms with Crippen LogP contribution in [-0.4, -0.2) is 17.6 Å². The summed E-state index contributed by atoms with van der Waals surface area (Å²) in [6.45, 7) is 0. The number of carbonyl (C=O) groups excluding carboxylic acids is 2. The van der Waals surface area contributed by atoms with Crippen molar-refractivity contribution in [2.75, 3.05) is 10.7 Å². The maximum atomic E-state index is 11.4. The summed E-state index contributed by atoms with van der Waals surface area (Å²) in [7, 11) is 0. The van der Waals surface area contributed by atoms with Crippen molar-refractivity contribution in [3.8, 4) is 11.8 Å². The smallest absolute Gasteiger partial charge is 0.258 e. The number of carbonyl (C=O) groups is 2. The molecule has 0 radical (unpaired) electrons. The number of nitrogens with zero attached hydrogens (tertiary/aromatic N) is 1. The largest absolute Gasteiger partial charge is 0.269 e. The van der Waals surface area contributed by atoms with Gasteiger partial charge in [0, 0.05) is 17.7 Å². The molecule has 0 saturated carbocycles. The van der Waals surface area contributed by atoms with E-state index >= 15 is 0 Å². The highest BCUT2D eigenvalue weighted by molar-refractivity contribution is 7.80. The molecule has 0 atom stereocenters. The van der Waals surface area contributed by atoms with Crippen molar-refractivity contribution >= 4 is 30.1 Å². The molecule has 0 unspecified atom stereocenters. The predicted octanol–water partition coefficient (Wildman–Crippen LogP) is 1.40. The Hall–Kier alpha value is -1.99. The van der Waals surface area contributed by atoms with Crippen LogP contribution in [0.4, 0.5) is 5.69 Å². The third-order valence-corrected chi connectivity index (χ3v) is 2.40. The zero-order chi connectivity index (χ0) is 12.3. The zero-order valence-electron chi connectivity index (χ0n) is 8.88. The summed E-state index contributed by atoms with van der Waals surface area (Å²) in [5.41, 5.74) is 1.39. The van der Waals surface area contributed by atoms with Crippen LogP contribution in [0.3, 0.4) is 0 Å². The highest BCUT2D eigenvalue weighted by Crippen LogP contribution is 2.19. The van der Waals surface area contributed by atoms with Crippen LogP contribution in [0, 0.1) is 11.8 Å². The summed E-state index contributed by atoms with van der Waals surface area (Å²) in [6, 6.07) is 6.94. The lowest BCUT2D eigenvalue weighted by molar-refractivity contribution is -0.119. The molecule has 1 aliphatic heterocycles. The van der Waals surface area contributed by atoms with Gasteiger partial charge in [0.05, 0.1) is 11.4 Å². The molecule has 0 aromatic heterocycles. The van der Waals surface area contributed by atoms with Gasteiger partial charge in [-0.3, -0.25) is 9.59 Å². The zero-order valence-corrected chi connectivity index (χ0v) is 9.78. The SMILES string of the molecule is O=C1C=CC(=O)N1c1ccc(C#CCS)cc1. The molecule has 0 aliphatic carbocycles. The quantitative estimate of drug-likeness (QED) is 0.460. The van der Waals surface area contributed by atoms with E-state index in [-0.39, 0.29) is 11.8 Å². The van der Waals surface area contributed by atoms with Crippen molar-refractivity contribution in [3.63, 3.8) is 0 Å². The van der Waals surface area contributed by atoms with E-state index < -0.39 is 0 Å². The van der Waals surface area contributed by atoms with Gasteiger partial charge >= 0.3 is 0 Å². The lowest BCUT2D eigenvalue weighted by Crippen LogP contribution is -2.29. The number of imide groups is 1. The van der Waals surface area contributed by atoms with Gasteiger partial charge in [0.25, 0.3) is 11.8 Å². The molecule has 1 aliphatic rings. The molecule has 0 spiro atoms. The van der Waals surface area contributed by atoms with E-state index in [1.54, 1.807) is 24.3 Å². The summed E-state index contributed by atoms with van der Waals surface area (Å²) < 4.78 is 0. The Labute approximate surface area is 105 Å². The summed E-state index contributed by atoms with van der Waals surface area (Å²) in [5, 5.41) is 0. The molecular weight excluding hydrogens is 234 g/mol. The molecule has 2 amide bonds. The van der Waals surface area contributed by atoms with Gasteiger partial charge in [-0.2, -0.15) is 12.6 Å². The fourth-order valence-electron chi connectivity index (χ4n) is 1.49. The van der Waals surface area contributed by atoms with Crippen molar-refractivity contribution in [2.45, 2.75) is 0 Å². The second kappa shape index (κ2) is 4.89. The second-order valence-corrected chi connectivity index (χ2v) is 3.67. The Morgan fingerprint density at radius 1 is 1.06 bits per heavy atom. The first-order valence-corrected chi connectivity index (χ1v) is 5.61. The number of thiol groups is 1. The summed E-state index contributed by atoms with van der Waals surface area (Å²) >= 11 is 3.99. The highest BCUT2D eigenvalue weighted by atomic mass is 32.1. The molecule has 0 saturated heterocycles. The van der Waals surface area contributed by atoms with E-state index in [1.165, 1.54) is 12.2 Å². The van der Waals surface area contributed by atoms with Gasteiger partial charge in [-0.1, -0.05) is 11.8 Å². The van der Waals surface area contributed by atoms with E-state index in [9.17, 15) is 9.59 Å². The minimum absolute atomic E-state index is 0.316. The maximum Gasteiger partial charge on any atom is 0.258 e. The Morgan fingerprint density at radius 3 is 2.18 bits per heavy atom. The molecule has 84 valence electrons. The van der Waals surface area contributed by atoms with Crippen LogP contribution in [0.25, 0.3) is 0 Å². The molecule has 17 heavy (non-hydrogen) atoms. The number of hydrogen-bond donors (Lipinski definition) is 1. The van der Waals surface area contributed by atoms with Crippen molar-refractivity contribution in [2.24, 2.45) is 0 Å². The van der Waals surface area contributed by atoms with Gasteiger partial charge in [0.2, 0.25) is 0 Å². The average molecular weight is 243 g/mol. The van der Waals surface area contributed by atoms with Crippen molar-refractivity contribution in [1.29, 1.82) is 0 Å². The summed E-state index contributed by atoms with van der Waals surface area (Å²) in [4.78, 5) is 24.0. The molecular formula is C13H9NO2S. The minimum atomic E-state index is -0.316.